The number of benzene rings is 1. The molecule has 1 unspecified atom stereocenters. The number of alkyl carbamates (subject to hydrolysis) is 1. The lowest BCUT2D eigenvalue weighted by Crippen LogP contribution is -2.46. The van der Waals surface area contributed by atoms with Crippen LogP contribution in [-0.4, -0.2) is 65.3 Å². The van der Waals surface area contributed by atoms with Gasteiger partial charge in [-0.05, 0) is 71.1 Å². The number of anilines is 1. The predicted octanol–water partition coefficient (Wildman–Crippen LogP) is 3.94. The predicted molar refractivity (Wildman–Crippen MR) is 141 cm³/mol. The number of carbonyl (C=O) groups excluding carboxylic acids is 4. The van der Waals surface area contributed by atoms with E-state index in [-0.39, 0.29) is 30.8 Å². The molecule has 1 aliphatic heterocycles. The molecule has 0 radical (unpaired) electrons. The van der Waals surface area contributed by atoms with Gasteiger partial charge in [-0.15, -0.1) is 0 Å². The van der Waals surface area contributed by atoms with Crippen molar-refractivity contribution in [2.45, 2.75) is 97.4 Å². The zero-order valence-electron chi connectivity index (χ0n) is 23.5. The van der Waals surface area contributed by atoms with Crippen molar-refractivity contribution in [1.29, 1.82) is 0 Å². The summed E-state index contributed by atoms with van der Waals surface area (Å²) in [5.41, 5.74) is 0.277. The number of hydrogen-bond donors (Lipinski definition) is 3. The summed E-state index contributed by atoms with van der Waals surface area (Å²) in [6, 6.07) is 6.22. The molecule has 2 rings (SSSR count). The van der Waals surface area contributed by atoms with Crippen LogP contribution in [0.5, 0.6) is 0 Å². The van der Waals surface area contributed by atoms with Gasteiger partial charge in [0.15, 0.2) is 0 Å². The van der Waals surface area contributed by atoms with Crippen LogP contribution in [0.25, 0.3) is 0 Å². The molecule has 3 N–H and O–H groups in total. The highest BCUT2D eigenvalue weighted by molar-refractivity contribution is 5.97. The molecule has 4 amide bonds. The molecule has 2 atom stereocenters. The Labute approximate surface area is 219 Å². The maximum absolute atomic E-state index is 13.2. The van der Waals surface area contributed by atoms with E-state index in [4.69, 9.17) is 9.47 Å². The molecular formula is C27H42N4O6. The second-order valence-corrected chi connectivity index (χ2v) is 12.3. The molecule has 206 valence electrons. The summed E-state index contributed by atoms with van der Waals surface area (Å²) in [5, 5.41) is 8.05. The largest absolute Gasteiger partial charge is 0.444 e. The first-order chi connectivity index (χ1) is 16.8. The fourth-order valence-electron chi connectivity index (χ4n) is 3.74. The van der Waals surface area contributed by atoms with Crippen LogP contribution in [-0.2, 0) is 24.5 Å². The van der Waals surface area contributed by atoms with Gasteiger partial charge in [-0.25, -0.2) is 9.59 Å². The van der Waals surface area contributed by atoms with Crippen molar-refractivity contribution in [2.75, 3.05) is 18.4 Å². The monoisotopic (exact) mass is 518 g/mol. The molecule has 0 saturated carbocycles. The summed E-state index contributed by atoms with van der Waals surface area (Å²) in [6.45, 7) is 16.5. The molecule has 0 aromatic heterocycles. The van der Waals surface area contributed by atoms with Crippen LogP contribution < -0.4 is 16.0 Å². The maximum Gasteiger partial charge on any atom is 0.411 e. The molecule has 10 heteroatoms. The third-order valence-corrected chi connectivity index (χ3v) is 5.41. The van der Waals surface area contributed by atoms with Crippen LogP contribution in [0.2, 0.25) is 0 Å². The molecule has 0 spiro atoms. The summed E-state index contributed by atoms with van der Waals surface area (Å²) in [4.78, 5) is 51.7. The Morgan fingerprint density at radius 2 is 1.46 bits per heavy atom. The van der Waals surface area contributed by atoms with Crippen molar-refractivity contribution in [3.05, 3.63) is 29.8 Å². The van der Waals surface area contributed by atoms with E-state index in [0.717, 1.165) is 5.56 Å². The van der Waals surface area contributed by atoms with E-state index in [0.29, 0.717) is 5.69 Å². The molecule has 10 nitrogen and oxygen atoms in total. The topological polar surface area (TPSA) is 126 Å². The van der Waals surface area contributed by atoms with E-state index < -0.39 is 41.4 Å². The number of amides is 4. The van der Waals surface area contributed by atoms with Gasteiger partial charge in [-0.2, -0.15) is 0 Å². The fourth-order valence-corrected chi connectivity index (χ4v) is 3.74. The zero-order chi connectivity index (χ0) is 28.2. The van der Waals surface area contributed by atoms with Gasteiger partial charge in [-0.3, -0.25) is 14.5 Å². The molecule has 1 aliphatic rings. The van der Waals surface area contributed by atoms with Crippen LogP contribution in [0.3, 0.4) is 0 Å². The van der Waals surface area contributed by atoms with Gasteiger partial charge in [0, 0.05) is 18.3 Å². The van der Waals surface area contributed by atoms with E-state index in [1.165, 1.54) is 4.90 Å². The van der Waals surface area contributed by atoms with E-state index in [1.54, 1.807) is 41.5 Å². The molecule has 1 fully saturated rings. The Hall–Kier alpha value is -3.30. The van der Waals surface area contributed by atoms with E-state index in [2.05, 4.69) is 36.7 Å². The van der Waals surface area contributed by atoms with Gasteiger partial charge in [0.1, 0.15) is 23.8 Å². The average Bonchev–Trinajstić information content (AvgIpc) is 3.14. The molecule has 1 aromatic carbocycles. The minimum absolute atomic E-state index is 0.0225. The lowest BCUT2D eigenvalue weighted by molar-refractivity contribution is -0.121. The number of carbonyl (C=O) groups is 4. The standard InChI is InChI=1S/C27H42N4O6/c1-25(2,3)17-10-12-18(13-11-17)30-22(33)20-14-19(16-31(20)24(35)37-27(7,8)9)29-21(32)15-28-23(34)36-26(4,5)6/h10-13,19-20H,14-16H2,1-9H3,(H,28,34)(H,29,32)(H,30,33)/t19?,20-/m0/s1. The number of ether oxygens (including phenoxy) is 2. The summed E-state index contributed by atoms with van der Waals surface area (Å²) in [7, 11) is 0. The van der Waals surface area contributed by atoms with Crippen molar-refractivity contribution in [3.8, 4) is 0 Å². The minimum atomic E-state index is -0.846. The Morgan fingerprint density at radius 3 is 1.97 bits per heavy atom. The Balaban J connectivity index is 2.08. The SMILES string of the molecule is CC(C)(C)OC(=O)NCC(=O)NC1C[C@@H](C(=O)Nc2ccc(C(C)(C)C)cc2)N(C(=O)OC(C)(C)C)C1. The summed E-state index contributed by atoms with van der Waals surface area (Å²) in [6.07, 6.45) is -1.15. The molecule has 1 saturated heterocycles. The van der Waals surface area contributed by atoms with Gasteiger partial charge < -0.3 is 25.4 Å². The highest BCUT2D eigenvalue weighted by atomic mass is 16.6. The molecule has 0 aliphatic carbocycles. The zero-order valence-corrected chi connectivity index (χ0v) is 23.5. The molecule has 0 bridgehead atoms. The number of rotatable bonds is 5. The van der Waals surface area contributed by atoms with Crippen molar-refractivity contribution in [3.63, 3.8) is 0 Å². The molecule has 1 heterocycles. The van der Waals surface area contributed by atoms with Crippen molar-refractivity contribution in [1.82, 2.24) is 15.5 Å². The van der Waals surface area contributed by atoms with Crippen molar-refractivity contribution in [2.24, 2.45) is 0 Å². The first kappa shape index (κ1) is 29.9. The second-order valence-electron chi connectivity index (χ2n) is 12.3. The Bertz CT molecular complexity index is 986. The van der Waals surface area contributed by atoms with Gasteiger partial charge in [0.2, 0.25) is 11.8 Å². The first-order valence-corrected chi connectivity index (χ1v) is 12.5. The van der Waals surface area contributed by atoms with Gasteiger partial charge >= 0.3 is 12.2 Å². The van der Waals surface area contributed by atoms with Gasteiger partial charge in [-0.1, -0.05) is 32.9 Å². The lowest BCUT2D eigenvalue weighted by atomic mass is 9.87. The Kier molecular flexibility index (Phi) is 9.22. The van der Waals surface area contributed by atoms with E-state index >= 15 is 0 Å². The quantitative estimate of drug-likeness (QED) is 0.542. The highest BCUT2D eigenvalue weighted by Gasteiger charge is 2.42. The van der Waals surface area contributed by atoms with Crippen LogP contribution >= 0.6 is 0 Å². The van der Waals surface area contributed by atoms with Crippen LogP contribution in [0.1, 0.15) is 74.3 Å². The number of likely N-dealkylation sites (tertiary alicyclic amines) is 1. The van der Waals surface area contributed by atoms with Gasteiger partial charge in [0.05, 0.1) is 0 Å². The number of hydrogen-bond acceptors (Lipinski definition) is 6. The van der Waals surface area contributed by atoms with Gasteiger partial charge in [0.25, 0.3) is 0 Å². The lowest BCUT2D eigenvalue weighted by Gasteiger charge is -2.28. The van der Waals surface area contributed by atoms with E-state index in [1.807, 2.05) is 24.3 Å². The Morgan fingerprint density at radius 1 is 0.892 bits per heavy atom. The highest BCUT2D eigenvalue weighted by Crippen LogP contribution is 2.25. The molecule has 37 heavy (non-hydrogen) atoms. The van der Waals surface area contributed by atoms with E-state index in [9.17, 15) is 19.2 Å². The van der Waals surface area contributed by atoms with Crippen LogP contribution in [0.15, 0.2) is 24.3 Å². The van der Waals surface area contributed by atoms with Crippen molar-refractivity contribution >= 4 is 29.7 Å². The molecular weight excluding hydrogens is 476 g/mol. The summed E-state index contributed by atoms with van der Waals surface area (Å²) >= 11 is 0. The number of nitrogens with one attached hydrogen (secondary N) is 3. The second kappa shape index (κ2) is 11.4. The average molecular weight is 519 g/mol. The van der Waals surface area contributed by atoms with Crippen LogP contribution in [0, 0.1) is 0 Å². The van der Waals surface area contributed by atoms with Crippen LogP contribution in [0.4, 0.5) is 15.3 Å². The maximum atomic E-state index is 13.2. The van der Waals surface area contributed by atoms with Crippen molar-refractivity contribution < 1.29 is 28.7 Å². The molecule has 1 aromatic rings. The smallest absolute Gasteiger partial charge is 0.411 e. The fraction of sp³-hybridized carbons (Fsp3) is 0.630. The normalized spacial score (nSPS) is 18.1. The minimum Gasteiger partial charge on any atom is -0.444 e. The number of nitrogens with zero attached hydrogens (tertiary/aromatic N) is 1. The summed E-state index contributed by atoms with van der Waals surface area (Å²) in [5.74, 6) is -0.836. The first-order valence-electron chi connectivity index (χ1n) is 12.5. The third kappa shape index (κ3) is 9.93. The third-order valence-electron chi connectivity index (χ3n) is 5.41. The summed E-state index contributed by atoms with van der Waals surface area (Å²) < 4.78 is 10.6.